The number of nitrogens with zero attached hydrogens (tertiary/aromatic N) is 2. The first-order valence-corrected chi connectivity index (χ1v) is 14.6. The maximum absolute atomic E-state index is 13.0. The Balaban J connectivity index is 1.40. The Morgan fingerprint density at radius 2 is 1.81 bits per heavy atom. The van der Waals surface area contributed by atoms with Gasteiger partial charge >= 0.3 is 6.09 Å². The van der Waals surface area contributed by atoms with Gasteiger partial charge in [-0.05, 0) is 99.2 Å². The van der Waals surface area contributed by atoms with Crippen molar-refractivity contribution < 1.29 is 19.1 Å². The van der Waals surface area contributed by atoms with Gasteiger partial charge in [0, 0.05) is 25.0 Å². The minimum atomic E-state index is -0.594. The van der Waals surface area contributed by atoms with E-state index >= 15 is 0 Å². The maximum atomic E-state index is 13.0. The van der Waals surface area contributed by atoms with Gasteiger partial charge in [-0.2, -0.15) is 0 Å². The van der Waals surface area contributed by atoms with Gasteiger partial charge in [-0.15, -0.1) is 0 Å². The molecule has 0 aromatic carbocycles. The molecule has 0 aliphatic heterocycles. The number of amides is 1. The molecule has 4 saturated carbocycles. The van der Waals surface area contributed by atoms with E-state index in [0.717, 1.165) is 36.8 Å². The quantitative estimate of drug-likeness (QED) is 0.248. The van der Waals surface area contributed by atoms with E-state index in [0.29, 0.717) is 42.3 Å². The summed E-state index contributed by atoms with van der Waals surface area (Å²) in [5.74, 6) is 3.22. The van der Waals surface area contributed by atoms with E-state index in [1.807, 2.05) is 20.8 Å². The van der Waals surface area contributed by atoms with Crippen molar-refractivity contribution in [3.05, 3.63) is 0 Å². The lowest BCUT2D eigenvalue weighted by Gasteiger charge is -2.61. The third kappa shape index (κ3) is 5.34. The van der Waals surface area contributed by atoms with E-state index in [2.05, 4.69) is 24.3 Å². The summed E-state index contributed by atoms with van der Waals surface area (Å²) in [6.07, 6.45) is 9.80. The molecule has 0 aromatic heterocycles. The zero-order chi connectivity index (χ0) is 26.1. The second kappa shape index (κ2) is 11.3. The summed E-state index contributed by atoms with van der Waals surface area (Å²) in [4.78, 5) is 19.4. The fourth-order valence-electron chi connectivity index (χ4n) is 9.04. The number of aliphatic hydroxyl groups excluding tert-OH is 1. The van der Waals surface area contributed by atoms with E-state index in [-0.39, 0.29) is 18.1 Å². The van der Waals surface area contributed by atoms with E-state index in [9.17, 15) is 14.3 Å². The average molecular weight is 508 g/mol. The van der Waals surface area contributed by atoms with Crippen LogP contribution in [-0.2, 0) is 4.84 Å². The highest BCUT2D eigenvalue weighted by Gasteiger charge is 2.60. The van der Waals surface area contributed by atoms with Crippen molar-refractivity contribution in [1.82, 2.24) is 10.2 Å². The van der Waals surface area contributed by atoms with Gasteiger partial charge in [-0.1, -0.05) is 32.9 Å². The molecule has 0 radical (unpaired) electrons. The number of carbonyl (C=O) groups is 1. The molecule has 4 rings (SSSR count). The number of aliphatic hydroxyl groups is 1. The number of hydrogen-bond donors (Lipinski definition) is 2. The number of rotatable bonds is 8. The predicted molar refractivity (Wildman–Crippen MR) is 142 cm³/mol. The molecule has 206 valence electrons. The fraction of sp³-hybridized carbons (Fsp3) is 0.931. The molecule has 0 spiro atoms. The van der Waals surface area contributed by atoms with Gasteiger partial charge in [-0.3, -0.25) is 4.84 Å². The lowest BCUT2D eigenvalue weighted by molar-refractivity contribution is -0.123. The van der Waals surface area contributed by atoms with Crippen molar-refractivity contribution >= 4 is 11.8 Å². The molecule has 4 aliphatic rings. The minimum Gasteiger partial charge on any atom is -0.393 e. The van der Waals surface area contributed by atoms with Gasteiger partial charge < -0.3 is 15.3 Å². The highest BCUT2D eigenvalue weighted by Crippen LogP contribution is 2.67. The summed E-state index contributed by atoms with van der Waals surface area (Å²) in [5.41, 5.74) is 1.48. The third-order valence-corrected chi connectivity index (χ3v) is 11.0. The Morgan fingerprint density at radius 3 is 2.53 bits per heavy atom. The van der Waals surface area contributed by atoms with E-state index in [4.69, 9.17) is 4.84 Å². The molecular formula is C29H50FN3O3. The predicted octanol–water partition coefficient (Wildman–Crippen LogP) is 5.79. The molecule has 4 aliphatic carbocycles. The van der Waals surface area contributed by atoms with E-state index in [1.165, 1.54) is 43.4 Å². The summed E-state index contributed by atoms with van der Waals surface area (Å²) < 4.78 is 13.0. The van der Waals surface area contributed by atoms with Crippen LogP contribution in [0, 0.1) is 40.4 Å². The van der Waals surface area contributed by atoms with Gasteiger partial charge in [-0.25, -0.2) is 9.18 Å². The third-order valence-electron chi connectivity index (χ3n) is 11.0. The number of oxime groups is 1. The lowest BCUT2D eigenvalue weighted by Crippen LogP contribution is -2.54. The zero-order valence-corrected chi connectivity index (χ0v) is 23.3. The molecule has 4 fully saturated rings. The molecule has 8 atom stereocenters. The van der Waals surface area contributed by atoms with Crippen LogP contribution in [0.3, 0.4) is 0 Å². The van der Waals surface area contributed by atoms with Gasteiger partial charge in [0.05, 0.1) is 18.4 Å². The first kappa shape index (κ1) is 27.8. The molecule has 0 aromatic rings. The van der Waals surface area contributed by atoms with Crippen LogP contribution in [0.25, 0.3) is 0 Å². The second-order valence-corrected chi connectivity index (χ2v) is 13.1. The Labute approximate surface area is 217 Å². The first-order valence-electron chi connectivity index (χ1n) is 14.6. The Bertz CT molecular complexity index is 807. The molecule has 0 unspecified atom stereocenters. The SMILES string of the molecule is C/C(=N\OC(=O)N(CCF)CCNC(C)C)[C@H]1CC[C@H]2[C@@H]3CC[C@H]4C[C@H](O)CC[C@]4(C)[C@H]3CC[C@]12C. The minimum absolute atomic E-state index is 0.0241. The summed E-state index contributed by atoms with van der Waals surface area (Å²) in [5, 5.41) is 17.9. The lowest BCUT2D eigenvalue weighted by atomic mass is 9.44. The fourth-order valence-corrected chi connectivity index (χ4v) is 9.04. The Morgan fingerprint density at radius 1 is 1.08 bits per heavy atom. The highest BCUT2D eigenvalue weighted by molar-refractivity contribution is 5.85. The van der Waals surface area contributed by atoms with Gasteiger partial charge in [0.2, 0.25) is 0 Å². The standard InChI is InChI=1S/C29H50FN3O3/c1-19(2)31-15-17-33(16-14-30)27(35)36-32-20(3)24-8-9-25-23-7-6-21-18-22(34)10-12-28(21,4)26(23)11-13-29(24,25)5/h19,21-26,31,34H,6-18H2,1-5H3/b32-20+/t21-,22+,23-,24+,25-,26-,28-,29+/m0/s1. The summed E-state index contributed by atoms with van der Waals surface area (Å²) in [7, 11) is 0. The number of carbonyl (C=O) groups excluding carboxylic acids is 1. The van der Waals surface area contributed by atoms with Gasteiger partial charge in [0.15, 0.2) is 0 Å². The number of fused-ring (bicyclic) bond motifs is 5. The van der Waals surface area contributed by atoms with Crippen LogP contribution in [0.15, 0.2) is 5.16 Å². The van der Waals surface area contributed by atoms with Crippen molar-refractivity contribution in [3.63, 3.8) is 0 Å². The highest BCUT2D eigenvalue weighted by atomic mass is 19.1. The van der Waals surface area contributed by atoms with Crippen LogP contribution in [-0.4, -0.2) is 60.3 Å². The van der Waals surface area contributed by atoms with Crippen molar-refractivity contribution in [2.45, 2.75) is 105 Å². The van der Waals surface area contributed by atoms with Crippen molar-refractivity contribution in [2.75, 3.05) is 26.3 Å². The molecule has 2 N–H and O–H groups in total. The van der Waals surface area contributed by atoms with Crippen molar-refractivity contribution in [1.29, 1.82) is 0 Å². The molecule has 1 amide bonds. The van der Waals surface area contributed by atoms with Crippen LogP contribution in [0.5, 0.6) is 0 Å². The largest absolute Gasteiger partial charge is 0.436 e. The molecule has 6 nitrogen and oxygen atoms in total. The van der Waals surface area contributed by atoms with Crippen LogP contribution in [0.1, 0.15) is 92.4 Å². The topological polar surface area (TPSA) is 74.2 Å². The van der Waals surface area contributed by atoms with Crippen LogP contribution in [0.2, 0.25) is 0 Å². The monoisotopic (exact) mass is 507 g/mol. The molecule has 0 heterocycles. The van der Waals surface area contributed by atoms with E-state index < -0.39 is 12.8 Å². The second-order valence-electron chi connectivity index (χ2n) is 13.1. The molecular weight excluding hydrogens is 457 g/mol. The van der Waals surface area contributed by atoms with Crippen LogP contribution in [0.4, 0.5) is 9.18 Å². The number of halogens is 1. The van der Waals surface area contributed by atoms with Crippen LogP contribution >= 0.6 is 0 Å². The molecule has 0 saturated heterocycles. The normalized spacial score (nSPS) is 40.4. The number of hydrogen-bond acceptors (Lipinski definition) is 5. The van der Waals surface area contributed by atoms with Gasteiger partial charge in [0.1, 0.15) is 6.67 Å². The summed E-state index contributed by atoms with van der Waals surface area (Å²) in [6, 6.07) is 0.307. The Kier molecular flexibility index (Phi) is 8.70. The smallest absolute Gasteiger partial charge is 0.393 e. The summed E-state index contributed by atoms with van der Waals surface area (Å²) >= 11 is 0. The van der Waals surface area contributed by atoms with Gasteiger partial charge in [0.25, 0.3) is 0 Å². The summed E-state index contributed by atoms with van der Waals surface area (Å²) in [6.45, 7) is 11.5. The molecule has 0 bridgehead atoms. The maximum Gasteiger partial charge on any atom is 0.436 e. The average Bonchev–Trinajstić information content (AvgIpc) is 3.19. The Hall–Kier alpha value is -1.21. The first-order chi connectivity index (χ1) is 17.1. The number of nitrogens with one attached hydrogen (secondary N) is 1. The zero-order valence-electron chi connectivity index (χ0n) is 23.3. The molecule has 7 heteroatoms. The van der Waals surface area contributed by atoms with Crippen LogP contribution < -0.4 is 5.32 Å². The van der Waals surface area contributed by atoms with Crippen molar-refractivity contribution in [3.8, 4) is 0 Å². The number of alkyl halides is 1. The van der Waals surface area contributed by atoms with E-state index in [1.54, 1.807) is 0 Å². The molecule has 36 heavy (non-hydrogen) atoms. The van der Waals surface area contributed by atoms with Crippen molar-refractivity contribution in [2.24, 2.45) is 45.6 Å².